The third-order valence-corrected chi connectivity index (χ3v) is 3.10. The molecule has 0 fully saturated rings. The molecule has 0 radical (unpaired) electrons. The Balaban J connectivity index is 2.53. The van der Waals surface area contributed by atoms with Crippen molar-refractivity contribution in [2.45, 2.75) is 39.3 Å². The molecule has 102 valence electrons. The Morgan fingerprint density at radius 1 is 1.28 bits per heavy atom. The van der Waals surface area contributed by atoms with Crippen LogP contribution in [0.15, 0.2) is 24.3 Å². The van der Waals surface area contributed by atoms with Gasteiger partial charge in [0.25, 0.3) is 0 Å². The number of aliphatic hydroxyl groups is 1. The third kappa shape index (κ3) is 4.67. The van der Waals surface area contributed by atoms with E-state index in [1.165, 1.54) is 0 Å². The summed E-state index contributed by atoms with van der Waals surface area (Å²) in [7, 11) is 1.63. The molecular formula is C15H25NO2. The first kappa shape index (κ1) is 15.0. The zero-order chi connectivity index (χ0) is 13.5. The summed E-state index contributed by atoms with van der Waals surface area (Å²) in [6.45, 7) is 7.33. The maximum atomic E-state index is 10.3. The van der Waals surface area contributed by atoms with Crippen molar-refractivity contribution in [3.05, 3.63) is 29.8 Å². The number of ether oxygens (including phenoxy) is 1. The highest BCUT2D eigenvalue weighted by Crippen LogP contribution is 2.21. The first-order valence-corrected chi connectivity index (χ1v) is 6.60. The number of rotatable bonds is 7. The lowest BCUT2D eigenvalue weighted by molar-refractivity contribution is 0.135. The summed E-state index contributed by atoms with van der Waals surface area (Å²) in [6, 6.07) is 7.63. The largest absolute Gasteiger partial charge is 0.497 e. The summed E-state index contributed by atoms with van der Waals surface area (Å²) in [5, 5.41) is 13.6. The van der Waals surface area contributed by atoms with Crippen molar-refractivity contribution in [2.75, 3.05) is 13.7 Å². The van der Waals surface area contributed by atoms with Crippen LogP contribution in [0.2, 0.25) is 0 Å². The van der Waals surface area contributed by atoms with E-state index in [9.17, 15) is 5.11 Å². The van der Waals surface area contributed by atoms with Crippen LogP contribution in [0.5, 0.6) is 5.75 Å². The molecule has 0 saturated heterocycles. The monoisotopic (exact) mass is 251 g/mol. The standard InChI is InChI=1S/C15H25NO2/c1-11(2)8-9-16-12(3)15(17)13-6-5-7-14(10-13)18-4/h5-7,10-12,15-17H,8-9H2,1-4H3. The normalized spacial score (nSPS) is 14.6. The molecule has 0 aliphatic heterocycles. The van der Waals surface area contributed by atoms with Crippen molar-refractivity contribution in [2.24, 2.45) is 5.92 Å². The van der Waals surface area contributed by atoms with E-state index in [-0.39, 0.29) is 6.04 Å². The summed E-state index contributed by atoms with van der Waals surface area (Å²) in [5.41, 5.74) is 0.888. The Labute approximate surface area is 110 Å². The Bertz CT molecular complexity index is 352. The predicted octanol–water partition coefficient (Wildman–Crippen LogP) is 2.75. The Morgan fingerprint density at radius 2 is 2.00 bits per heavy atom. The summed E-state index contributed by atoms with van der Waals surface area (Å²) in [6.07, 6.45) is 0.613. The molecule has 0 spiro atoms. The molecule has 1 rings (SSSR count). The second-order valence-corrected chi connectivity index (χ2v) is 5.15. The molecule has 0 amide bonds. The van der Waals surface area contributed by atoms with E-state index in [4.69, 9.17) is 4.74 Å². The van der Waals surface area contributed by atoms with Crippen molar-refractivity contribution in [3.8, 4) is 5.75 Å². The van der Waals surface area contributed by atoms with E-state index in [0.717, 1.165) is 24.3 Å². The fourth-order valence-electron chi connectivity index (χ4n) is 1.83. The summed E-state index contributed by atoms with van der Waals surface area (Å²) in [4.78, 5) is 0. The Morgan fingerprint density at radius 3 is 2.61 bits per heavy atom. The SMILES string of the molecule is COc1cccc(C(O)C(C)NCCC(C)C)c1. The molecule has 18 heavy (non-hydrogen) atoms. The van der Waals surface area contributed by atoms with E-state index in [1.54, 1.807) is 7.11 Å². The van der Waals surface area contributed by atoms with E-state index in [0.29, 0.717) is 5.92 Å². The second kappa shape index (κ2) is 7.39. The van der Waals surface area contributed by atoms with Crippen molar-refractivity contribution in [1.29, 1.82) is 0 Å². The Kier molecular flexibility index (Phi) is 6.16. The number of benzene rings is 1. The van der Waals surface area contributed by atoms with Crippen LogP contribution in [0.3, 0.4) is 0 Å². The lowest BCUT2D eigenvalue weighted by Gasteiger charge is -2.21. The van der Waals surface area contributed by atoms with Gasteiger partial charge in [-0.15, -0.1) is 0 Å². The quantitative estimate of drug-likeness (QED) is 0.783. The predicted molar refractivity (Wildman–Crippen MR) is 74.9 cm³/mol. The van der Waals surface area contributed by atoms with Crippen LogP contribution in [0.4, 0.5) is 0 Å². The Hall–Kier alpha value is -1.06. The van der Waals surface area contributed by atoms with E-state index < -0.39 is 6.10 Å². The van der Waals surface area contributed by atoms with Gasteiger partial charge < -0.3 is 15.2 Å². The van der Waals surface area contributed by atoms with Gasteiger partial charge >= 0.3 is 0 Å². The van der Waals surface area contributed by atoms with E-state index >= 15 is 0 Å². The molecule has 1 aromatic rings. The van der Waals surface area contributed by atoms with Gasteiger partial charge in [0.2, 0.25) is 0 Å². The van der Waals surface area contributed by atoms with Gasteiger partial charge in [0.15, 0.2) is 0 Å². The molecule has 3 nitrogen and oxygen atoms in total. The first-order valence-electron chi connectivity index (χ1n) is 6.60. The molecule has 0 bridgehead atoms. The van der Waals surface area contributed by atoms with Crippen molar-refractivity contribution in [1.82, 2.24) is 5.32 Å². The maximum Gasteiger partial charge on any atom is 0.119 e. The van der Waals surface area contributed by atoms with Crippen molar-refractivity contribution >= 4 is 0 Å². The lowest BCUT2D eigenvalue weighted by atomic mass is 10.0. The molecule has 0 aliphatic carbocycles. The molecular weight excluding hydrogens is 226 g/mol. The molecule has 2 N–H and O–H groups in total. The van der Waals surface area contributed by atoms with E-state index in [1.807, 2.05) is 31.2 Å². The number of hydrogen-bond acceptors (Lipinski definition) is 3. The zero-order valence-electron chi connectivity index (χ0n) is 11.8. The fourth-order valence-corrected chi connectivity index (χ4v) is 1.83. The van der Waals surface area contributed by atoms with Crippen LogP contribution in [0, 0.1) is 5.92 Å². The zero-order valence-corrected chi connectivity index (χ0v) is 11.8. The van der Waals surface area contributed by atoms with Crippen molar-refractivity contribution in [3.63, 3.8) is 0 Å². The molecule has 0 aliphatic rings. The number of methoxy groups -OCH3 is 1. The minimum Gasteiger partial charge on any atom is -0.497 e. The molecule has 2 atom stereocenters. The number of hydrogen-bond donors (Lipinski definition) is 2. The van der Waals surface area contributed by atoms with Crippen LogP contribution < -0.4 is 10.1 Å². The van der Waals surface area contributed by atoms with Crippen LogP contribution in [-0.2, 0) is 0 Å². The van der Waals surface area contributed by atoms with Crippen LogP contribution in [0.1, 0.15) is 38.9 Å². The van der Waals surface area contributed by atoms with Gasteiger partial charge in [0.05, 0.1) is 13.2 Å². The molecule has 1 aromatic carbocycles. The minimum atomic E-state index is -0.507. The molecule has 0 saturated carbocycles. The van der Waals surface area contributed by atoms with Crippen LogP contribution in [-0.4, -0.2) is 24.8 Å². The first-order chi connectivity index (χ1) is 8.54. The van der Waals surface area contributed by atoms with Crippen LogP contribution in [0.25, 0.3) is 0 Å². The number of aliphatic hydroxyl groups excluding tert-OH is 1. The van der Waals surface area contributed by atoms with Crippen LogP contribution >= 0.6 is 0 Å². The van der Waals surface area contributed by atoms with Gasteiger partial charge in [-0.25, -0.2) is 0 Å². The van der Waals surface area contributed by atoms with Gasteiger partial charge in [0.1, 0.15) is 5.75 Å². The van der Waals surface area contributed by atoms with Crippen molar-refractivity contribution < 1.29 is 9.84 Å². The lowest BCUT2D eigenvalue weighted by Crippen LogP contribution is -2.33. The summed E-state index contributed by atoms with van der Waals surface area (Å²) in [5.74, 6) is 1.46. The highest BCUT2D eigenvalue weighted by Gasteiger charge is 2.16. The van der Waals surface area contributed by atoms with Gasteiger partial charge in [-0.2, -0.15) is 0 Å². The third-order valence-electron chi connectivity index (χ3n) is 3.10. The molecule has 0 heterocycles. The smallest absolute Gasteiger partial charge is 0.119 e. The molecule has 3 heteroatoms. The maximum absolute atomic E-state index is 10.3. The fraction of sp³-hybridized carbons (Fsp3) is 0.600. The average molecular weight is 251 g/mol. The molecule has 2 unspecified atom stereocenters. The summed E-state index contributed by atoms with van der Waals surface area (Å²) < 4.78 is 5.17. The second-order valence-electron chi connectivity index (χ2n) is 5.15. The number of nitrogens with one attached hydrogen (secondary N) is 1. The topological polar surface area (TPSA) is 41.5 Å². The van der Waals surface area contributed by atoms with E-state index in [2.05, 4.69) is 19.2 Å². The van der Waals surface area contributed by atoms with Gasteiger partial charge in [-0.3, -0.25) is 0 Å². The highest BCUT2D eigenvalue weighted by molar-refractivity contribution is 5.30. The minimum absolute atomic E-state index is 0.0378. The van der Waals surface area contributed by atoms with Gasteiger partial charge in [-0.1, -0.05) is 26.0 Å². The molecule has 0 aromatic heterocycles. The van der Waals surface area contributed by atoms with Gasteiger partial charge in [0, 0.05) is 6.04 Å². The summed E-state index contributed by atoms with van der Waals surface area (Å²) >= 11 is 0. The average Bonchev–Trinajstić information content (AvgIpc) is 2.37. The highest BCUT2D eigenvalue weighted by atomic mass is 16.5. The van der Waals surface area contributed by atoms with Gasteiger partial charge in [-0.05, 0) is 43.5 Å².